The minimum Gasteiger partial charge on any atom is -0.497 e. The number of nitrogens with one attached hydrogen (secondary N) is 2. The van der Waals surface area contributed by atoms with Crippen LogP contribution in [0.2, 0.25) is 0 Å². The Morgan fingerprint density at radius 3 is 3.00 bits per heavy atom. The Kier molecular flexibility index (Phi) is 3.91. The van der Waals surface area contributed by atoms with E-state index in [0.29, 0.717) is 11.6 Å². The average molecular weight is 299 g/mol. The number of ether oxygens (including phenoxy) is 1. The second-order valence-corrected chi connectivity index (χ2v) is 5.23. The molecule has 0 bridgehead atoms. The highest BCUT2D eigenvalue weighted by atomic mass is 16.5. The molecule has 2 aromatic rings. The lowest BCUT2D eigenvalue weighted by atomic mass is 9.94. The van der Waals surface area contributed by atoms with E-state index in [1.165, 1.54) is 19.5 Å². The maximum absolute atomic E-state index is 12.4. The Bertz CT molecular complexity index is 767. The topological polar surface area (TPSA) is 84.1 Å². The molecule has 22 heavy (non-hydrogen) atoms. The number of nitrogens with zero attached hydrogens (tertiary/aromatic N) is 1. The SMILES string of the molecule is COc1ccnc(NC(=O)c2c[nH]c3c(c2=O)CCCC3)c1. The summed E-state index contributed by atoms with van der Waals surface area (Å²) in [5, 5.41) is 2.63. The molecule has 0 unspecified atom stereocenters. The summed E-state index contributed by atoms with van der Waals surface area (Å²) < 4.78 is 5.08. The van der Waals surface area contributed by atoms with Gasteiger partial charge in [0.05, 0.1) is 7.11 Å². The summed E-state index contributed by atoms with van der Waals surface area (Å²) in [6, 6.07) is 3.28. The number of rotatable bonds is 3. The van der Waals surface area contributed by atoms with E-state index in [4.69, 9.17) is 4.74 Å². The van der Waals surface area contributed by atoms with Crippen LogP contribution >= 0.6 is 0 Å². The van der Waals surface area contributed by atoms with Gasteiger partial charge in [-0.15, -0.1) is 0 Å². The van der Waals surface area contributed by atoms with Crippen LogP contribution < -0.4 is 15.5 Å². The number of aromatic amines is 1. The molecule has 0 aliphatic heterocycles. The van der Waals surface area contributed by atoms with E-state index in [1.807, 2.05) is 0 Å². The molecule has 0 saturated heterocycles. The Hall–Kier alpha value is -2.63. The lowest BCUT2D eigenvalue weighted by molar-refractivity contribution is 0.102. The number of hydrogen-bond acceptors (Lipinski definition) is 4. The van der Waals surface area contributed by atoms with Crippen LogP contribution in [0.5, 0.6) is 5.75 Å². The smallest absolute Gasteiger partial charge is 0.262 e. The summed E-state index contributed by atoms with van der Waals surface area (Å²) in [7, 11) is 1.54. The first-order valence-electron chi connectivity index (χ1n) is 7.24. The molecular weight excluding hydrogens is 282 g/mol. The standard InChI is InChI=1S/C16H17N3O3/c1-22-10-6-7-17-14(8-10)19-16(21)12-9-18-13-5-3-2-4-11(13)15(12)20/h6-9H,2-5H2,1H3,(H,18,20)(H,17,19,21). The van der Waals surface area contributed by atoms with Crippen molar-refractivity contribution in [1.82, 2.24) is 9.97 Å². The molecule has 1 amide bonds. The molecule has 1 aliphatic carbocycles. The molecule has 0 atom stereocenters. The predicted octanol–water partition coefficient (Wildman–Crippen LogP) is 1.91. The first-order valence-corrected chi connectivity index (χ1v) is 7.24. The summed E-state index contributed by atoms with van der Waals surface area (Å²) in [5.41, 5.74) is 1.61. The van der Waals surface area contributed by atoms with Crippen LogP contribution in [0.1, 0.15) is 34.5 Å². The molecule has 6 heteroatoms. The summed E-state index contributed by atoms with van der Waals surface area (Å²) >= 11 is 0. The molecule has 2 N–H and O–H groups in total. The number of amides is 1. The van der Waals surface area contributed by atoms with Gasteiger partial charge in [0.25, 0.3) is 5.91 Å². The largest absolute Gasteiger partial charge is 0.497 e. The highest BCUT2D eigenvalue weighted by molar-refractivity contribution is 6.03. The number of anilines is 1. The van der Waals surface area contributed by atoms with E-state index in [9.17, 15) is 9.59 Å². The number of hydrogen-bond donors (Lipinski definition) is 2. The Morgan fingerprint density at radius 1 is 1.36 bits per heavy atom. The molecule has 6 nitrogen and oxygen atoms in total. The number of carbonyl (C=O) groups is 1. The van der Waals surface area contributed by atoms with Crippen LogP contribution in [0.25, 0.3) is 0 Å². The van der Waals surface area contributed by atoms with Gasteiger partial charge in [0.15, 0.2) is 5.43 Å². The maximum atomic E-state index is 12.4. The van der Waals surface area contributed by atoms with Crippen molar-refractivity contribution in [3.8, 4) is 5.75 Å². The summed E-state index contributed by atoms with van der Waals surface area (Å²) in [5.74, 6) is 0.474. The van der Waals surface area contributed by atoms with Crippen molar-refractivity contribution in [3.05, 3.63) is 51.6 Å². The highest BCUT2D eigenvalue weighted by Crippen LogP contribution is 2.17. The number of fused-ring (bicyclic) bond motifs is 1. The van der Waals surface area contributed by atoms with Gasteiger partial charge >= 0.3 is 0 Å². The van der Waals surface area contributed by atoms with Gasteiger partial charge in [0.2, 0.25) is 0 Å². The quantitative estimate of drug-likeness (QED) is 0.906. The zero-order chi connectivity index (χ0) is 15.5. The third-order valence-electron chi connectivity index (χ3n) is 3.83. The van der Waals surface area contributed by atoms with Crippen LogP contribution in [0.4, 0.5) is 5.82 Å². The summed E-state index contributed by atoms with van der Waals surface area (Å²) in [6.07, 6.45) is 6.67. The first-order chi connectivity index (χ1) is 10.7. The number of methoxy groups -OCH3 is 1. The average Bonchev–Trinajstić information content (AvgIpc) is 2.55. The van der Waals surface area contributed by atoms with Crippen molar-refractivity contribution in [1.29, 1.82) is 0 Å². The van der Waals surface area contributed by atoms with E-state index < -0.39 is 5.91 Å². The zero-order valence-electron chi connectivity index (χ0n) is 12.3. The molecule has 2 aromatic heterocycles. The van der Waals surface area contributed by atoms with Crippen LogP contribution in [0.15, 0.2) is 29.3 Å². The molecule has 0 fully saturated rings. The van der Waals surface area contributed by atoms with Crippen LogP contribution in [0.3, 0.4) is 0 Å². The van der Waals surface area contributed by atoms with E-state index in [-0.39, 0.29) is 11.0 Å². The number of aromatic nitrogens is 2. The normalized spacial score (nSPS) is 13.3. The third-order valence-corrected chi connectivity index (χ3v) is 3.83. The van der Waals surface area contributed by atoms with E-state index in [1.54, 1.807) is 12.1 Å². The second kappa shape index (κ2) is 6.01. The Morgan fingerprint density at radius 2 is 2.18 bits per heavy atom. The predicted molar refractivity (Wildman–Crippen MR) is 82.4 cm³/mol. The van der Waals surface area contributed by atoms with E-state index in [0.717, 1.165) is 36.9 Å². The van der Waals surface area contributed by atoms with Gasteiger partial charge in [-0.25, -0.2) is 4.98 Å². The minimum atomic E-state index is -0.463. The fraction of sp³-hybridized carbons (Fsp3) is 0.312. The van der Waals surface area contributed by atoms with E-state index in [2.05, 4.69) is 15.3 Å². The van der Waals surface area contributed by atoms with Crippen LogP contribution in [-0.2, 0) is 12.8 Å². The number of pyridine rings is 2. The Balaban J connectivity index is 1.87. The van der Waals surface area contributed by atoms with Gasteiger partial charge < -0.3 is 15.0 Å². The summed E-state index contributed by atoms with van der Waals surface area (Å²) in [6.45, 7) is 0. The van der Waals surface area contributed by atoms with Crippen molar-refractivity contribution >= 4 is 11.7 Å². The molecule has 1 aliphatic rings. The fourth-order valence-corrected chi connectivity index (χ4v) is 2.66. The minimum absolute atomic E-state index is 0.116. The lowest BCUT2D eigenvalue weighted by Gasteiger charge is -2.15. The third kappa shape index (κ3) is 2.72. The molecule has 0 aromatic carbocycles. The highest BCUT2D eigenvalue weighted by Gasteiger charge is 2.19. The van der Waals surface area contributed by atoms with Gasteiger partial charge in [-0.3, -0.25) is 9.59 Å². The molecule has 0 spiro atoms. The first kappa shape index (κ1) is 14.3. The van der Waals surface area contributed by atoms with Gasteiger partial charge in [-0.2, -0.15) is 0 Å². The van der Waals surface area contributed by atoms with Crippen molar-refractivity contribution < 1.29 is 9.53 Å². The number of aryl methyl sites for hydroxylation is 1. The molecule has 2 heterocycles. The van der Waals surface area contributed by atoms with Crippen molar-refractivity contribution in [2.24, 2.45) is 0 Å². The Labute approximate surface area is 127 Å². The molecule has 114 valence electrons. The van der Waals surface area contributed by atoms with E-state index >= 15 is 0 Å². The molecular formula is C16H17N3O3. The second-order valence-electron chi connectivity index (χ2n) is 5.23. The van der Waals surface area contributed by atoms with Gasteiger partial charge in [-0.1, -0.05) is 0 Å². The van der Waals surface area contributed by atoms with Crippen molar-refractivity contribution in [2.75, 3.05) is 12.4 Å². The van der Waals surface area contributed by atoms with Gasteiger partial charge in [0, 0.05) is 29.7 Å². The van der Waals surface area contributed by atoms with Crippen molar-refractivity contribution in [3.63, 3.8) is 0 Å². The monoisotopic (exact) mass is 299 g/mol. The maximum Gasteiger partial charge on any atom is 0.262 e. The lowest BCUT2D eigenvalue weighted by Crippen LogP contribution is -2.27. The molecule has 0 radical (unpaired) electrons. The van der Waals surface area contributed by atoms with Crippen molar-refractivity contribution in [2.45, 2.75) is 25.7 Å². The van der Waals surface area contributed by atoms with Gasteiger partial charge in [-0.05, 0) is 31.7 Å². The number of carbonyl (C=O) groups excluding carboxylic acids is 1. The van der Waals surface area contributed by atoms with Crippen LogP contribution in [0, 0.1) is 0 Å². The number of H-pyrrole nitrogens is 1. The van der Waals surface area contributed by atoms with Gasteiger partial charge in [0.1, 0.15) is 17.1 Å². The zero-order valence-corrected chi connectivity index (χ0v) is 12.3. The molecule has 0 saturated carbocycles. The summed E-state index contributed by atoms with van der Waals surface area (Å²) in [4.78, 5) is 31.9. The molecule has 3 rings (SSSR count). The van der Waals surface area contributed by atoms with Crippen LogP contribution in [-0.4, -0.2) is 23.0 Å². The fourth-order valence-electron chi connectivity index (χ4n) is 2.66.